The Morgan fingerprint density at radius 2 is 1.26 bits per heavy atom. The van der Waals surface area contributed by atoms with Gasteiger partial charge in [0.05, 0.1) is 7.85 Å². The SMILES string of the molecule is [B]C(C)(C)C(C)(Cc1ccccc1)c1ccccc1. The highest BCUT2D eigenvalue weighted by Gasteiger charge is 2.38. The van der Waals surface area contributed by atoms with Gasteiger partial charge in [0, 0.05) is 0 Å². The van der Waals surface area contributed by atoms with Crippen molar-refractivity contribution in [1.29, 1.82) is 0 Å². The van der Waals surface area contributed by atoms with Crippen LogP contribution in [0.2, 0.25) is 5.31 Å². The van der Waals surface area contributed by atoms with Crippen LogP contribution in [-0.4, -0.2) is 7.85 Å². The maximum absolute atomic E-state index is 6.49. The Balaban J connectivity index is 2.42. The van der Waals surface area contributed by atoms with Crippen LogP contribution in [0.15, 0.2) is 60.7 Å². The van der Waals surface area contributed by atoms with E-state index in [0.29, 0.717) is 0 Å². The number of benzene rings is 2. The second-order valence-electron chi connectivity index (χ2n) is 6.08. The van der Waals surface area contributed by atoms with Crippen LogP contribution in [0.4, 0.5) is 0 Å². The standard InChI is InChI=1S/C18H21B/c1-17(2,19)18(3,16-12-8-5-9-13-16)14-15-10-6-4-7-11-15/h4-13H,14H2,1-3H3. The topological polar surface area (TPSA) is 0 Å². The maximum atomic E-state index is 6.49. The summed E-state index contributed by atoms with van der Waals surface area (Å²) in [6.07, 6.45) is 0.946. The van der Waals surface area contributed by atoms with Gasteiger partial charge in [0.15, 0.2) is 0 Å². The van der Waals surface area contributed by atoms with Gasteiger partial charge < -0.3 is 0 Å². The molecule has 0 heterocycles. The fraction of sp³-hybridized carbons (Fsp3) is 0.333. The molecule has 1 heteroatoms. The molecule has 0 saturated heterocycles. The van der Waals surface area contributed by atoms with Gasteiger partial charge in [-0.3, -0.25) is 0 Å². The lowest BCUT2D eigenvalue weighted by Crippen LogP contribution is -2.36. The first kappa shape index (κ1) is 13.9. The first-order valence-electron chi connectivity index (χ1n) is 6.82. The van der Waals surface area contributed by atoms with Crippen molar-refractivity contribution in [2.24, 2.45) is 0 Å². The summed E-state index contributed by atoms with van der Waals surface area (Å²) in [7, 11) is 6.49. The molecule has 0 spiro atoms. The average Bonchev–Trinajstić information content (AvgIpc) is 2.39. The van der Waals surface area contributed by atoms with E-state index in [0.717, 1.165) is 6.42 Å². The zero-order valence-corrected chi connectivity index (χ0v) is 12.1. The number of hydrogen-bond acceptors (Lipinski definition) is 0. The number of rotatable bonds is 4. The van der Waals surface area contributed by atoms with Crippen molar-refractivity contribution >= 4 is 7.85 Å². The monoisotopic (exact) mass is 248 g/mol. The summed E-state index contributed by atoms with van der Waals surface area (Å²) in [6, 6.07) is 21.2. The van der Waals surface area contributed by atoms with Crippen LogP contribution < -0.4 is 0 Å². The van der Waals surface area contributed by atoms with Crippen LogP contribution in [-0.2, 0) is 11.8 Å². The van der Waals surface area contributed by atoms with Crippen LogP contribution in [0.5, 0.6) is 0 Å². The fourth-order valence-corrected chi connectivity index (χ4v) is 2.51. The van der Waals surface area contributed by atoms with E-state index in [1.54, 1.807) is 0 Å². The number of hydrogen-bond donors (Lipinski definition) is 0. The van der Waals surface area contributed by atoms with Crippen LogP contribution in [0.25, 0.3) is 0 Å². The molecule has 1 unspecified atom stereocenters. The van der Waals surface area contributed by atoms with E-state index in [9.17, 15) is 0 Å². The van der Waals surface area contributed by atoms with Gasteiger partial charge in [0.1, 0.15) is 0 Å². The molecule has 0 amide bonds. The van der Waals surface area contributed by atoms with E-state index in [4.69, 9.17) is 7.85 Å². The molecule has 96 valence electrons. The Labute approximate surface area is 118 Å². The molecule has 2 aromatic rings. The molecule has 0 nitrogen and oxygen atoms in total. The fourth-order valence-electron chi connectivity index (χ4n) is 2.51. The van der Waals surface area contributed by atoms with E-state index in [2.05, 4.69) is 81.4 Å². The van der Waals surface area contributed by atoms with Gasteiger partial charge in [-0.25, -0.2) is 0 Å². The molecule has 0 aliphatic heterocycles. The molecular weight excluding hydrogens is 227 g/mol. The van der Waals surface area contributed by atoms with Gasteiger partial charge in [-0.2, -0.15) is 0 Å². The lowest BCUT2D eigenvalue weighted by Gasteiger charge is -2.43. The zero-order valence-electron chi connectivity index (χ0n) is 12.1. The van der Waals surface area contributed by atoms with Gasteiger partial charge in [-0.1, -0.05) is 86.7 Å². The van der Waals surface area contributed by atoms with Crippen molar-refractivity contribution < 1.29 is 0 Å². The van der Waals surface area contributed by atoms with E-state index in [-0.39, 0.29) is 10.7 Å². The van der Waals surface area contributed by atoms with Crippen LogP contribution >= 0.6 is 0 Å². The highest BCUT2D eigenvalue weighted by molar-refractivity contribution is 6.15. The lowest BCUT2D eigenvalue weighted by molar-refractivity contribution is 0.354. The molecule has 2 radical (unpaired) electrons. The Bertz CT molecular complexity index is 510. The Hall–Kier alpha value is -1.50. The lowest BCUT2D eigenvalue weighted by atomic mass is 9.51. The van der Waals surface area contributed by atoms with Crippen LogP contribution in [0.3, 0.4) is 0 Å². The van der Waals surface area contributed by atoms with Gasteiger partial charge in [-0.05, 0) is 23.0 Å². The second kappa shape index (κ2) is 5.24. The summed E-state index contributed by atoms with van der Waals surface area (Å²) in [5.41, 5.74) is 2.54. The summed E-state index contributed by atoms with van der Waals surface area (Å²) in [5, 5.41) is -0.288. The molecule has 0 aliphatic carbocycles. The summed E-state index contributed by atoms with van der Waals surface area (Å²) in [5.74, 6) is 0. The van der Waals surface area contributed by atoms with Gasteiger partial charge in [0.25, 0.3) is 0 Å². The van der Waals surface area contributed by atoms with Crippen LogP contribution in [0.1, 0.15) is 31.9 Å². The van der Waals surface area contributed by atoms with E-state index in [1.165, 1.54) is 11.1 Å². The van der Waals surface area contributed by atoms with Crippen molar-refractivity contribution in [2.45, 2.75) is 37.9 Å². The smallest absolute Gasteiger partial charge is 0.0671 e. The van der Waals surface area contributed by atoms with Crippen molar-refractivity contribution in [3.05, 3.63) is 71.8 Å². The molecular formula is C18H21B. The molecule has 2 aromatic carbocycles. The Morgan fingerprint density at radius 1 is 0.789 bits per heavy atom. The zero-order chi connectivity index (χ0) is 13.9. The summed E-state index contributed by atoms with van der Waals surface area (Å²) >= 11 is 0. The van der Waals surface area contributed by atoms with Gasteiger partial charge in [-0.15, -0.1) is 0 Å². The van der Waals surface area contributed by atoms with Crippen LogP contribution in [0, 0.1) is 0 Å². The first-order chi connectivity index (χ1) is 8.93. The molecule has 0 aromatic heterocycles. The summed E-state index contributed by atoms with van der Waals surface area (Å²) in [6.45, 7) is 6.49. The van der Waals surface area contributed by atoms with Gasteiger partial charge >= 0.3 is 0 Å². The van der Waals surface area contributed by atoms with Crippen molar-refractivity contribution in [2.75, 3.05) is 0 Å². The molecule has 0 bridgehead atoms. The predicted molar refractivity (Wildman–Crippen MR) is 83.7 cm³/mol. The molecule has 0 N–H and O–H groups in total. The summed E-state index contributed by atoms with van der Waals surface area (Å²) < 4.78 is 0. The van der Waals surface area contributed by atoms with Gasteiger partial charge in [0.2, 0.25) is 0 Å². The van der Waals surface area contributed by atoms with E-state index < -0.39 is 0 Å². The minimum Gasteiger partial charge on any atom is -0.0671 e. The molecule has 0 aliphatic rings. The summed E-state index contributed by atoms with van der Waals surface area (Å²) in [4.78, 5) is 0. The maximum Gasteiger partial charge on any atom is 0.0750 e. The van der Waals surface area contributed by atoms with Crippen molar-refractivity contribution in [3.63, 3.8) is 0 Å². The predicted octanol–water partition coefficient (Wildman–Crippen LogP) is 4.55. The quantitative estimate of drug-likeness (QED) is 0.696. The normalized spacial score (nSPS) is 14.9. The van der Waals surface area contributed by atoms with E-state index >= 15 is 0 Å². The minimum absolute atomic E-state index is 0.0877. The second-order valence-corrected chi connectivity index (χ2v) is 6.08. The average molecular weight is 248 g/mol. The Morgan fingerprint density at radius 3 is 1.74 bits per heavy atom. The van der Waals surface area contributed by atoms with Crippen molar-refractivity contribution in [1.82, 2.24) is 0 Å². The molecule has 2 rings (SSSR count). The minimum atomic E-state index is -0.288. The highest BCUT2D eigenvalue weighted by Crippen LogP contribution is 2.46. The third-order valence-corrected chi connectivity index (χ3v) is 4.23. The Kier molecular flexibility index (Phi) is 3.84. The first-order valence-corrected chi connectivity index (χ1v) is 6.82. The molecule has 0 saturated carbocycles. The largest absolute Gasteiger partial charge is 0.0750 e. The molecule has 19 heavy (non-hydrogen) atoms. The third-order valence-electron chi connectivity index (χ3n) is 4.23. The third kappa shape index (κ3) is 2.92. The van der Waals surface area contributed by atoms with E-state index in [1.807, 2.05) is 0 Å². The van der Waals surface area contributed by atoms with Crippen molar-refractivity contribution in [3.8, 4) is 0 Å². The molecule has 0 fully saturated rings. The molecule has 1 atom stereocenters. The highest BCUT2D eigenvalue weighted by atomic mass is 14.4.